The maximum absolute atomic E-state index is 15.2. The predicted molar refractivity (Wildman–Crippen MR) is 264 cm³/mol. The lowest BCUT2D eigenvalue weighted by Gasteiger charge is -2.34. The number of Topliss-reactive ketones (excluding diaryl/α,β-unsaturated/α-hetero) is 3. The number of fused-ring (bicyclic) bond motifs is 5. The Labute approximate surface area is 401 Å². The lowest BCUT2D eigenvalue weighted by molar-refractivity contribution is -0.143. The van der Waals surface area contributed by atoms with Gasteiger partial charge in [0.15, 0.2) is 17.3 Å². The van der Waals surface area contributed by atoms with Gasteiger partial charge in [-0.3, -0.25) is 24.0 Å². The molecule has 0 aromatic heterocycles. The number of ether oxygens (including phenoxy) is 2. The number of unbranched alkanes of at least 4 members (excludes halogenated alkanes) is 1. The highest BCUT2D eigenvalue weighted by atomic mass is 16.5. The molecule has 1 saturated heterocycles. The standard InChI is InChI=1S/C55H68N6O7/c1-4-5-7-37-9-12-40(13-10-37)41-14-16-42(17-15-41)49(63)35-44(31-38-21-26-59-27-22-38)55(66)61(3)53-43-18-20-52(68-29-25-58)46(34-43)45-32-39(11-19-51(45)67-28-24-57)33-47(48(62)8-6-23-56)60-54(65)36(2)30-50(53)64/h9-20,32,34,36,38,44,47,53,59H,4-8,21-22,24-31,33,35,57-58H2,1-3H3,(H,60,65)/t36-,44-,47+,53+/m1/s1. The van der Waals surface area contributed by atoms with Crippen LogP contribution >= 0.6 is 0 Å². The molecule has 0 aliphatic carbocycles. The molecule has 2 heterocycles. The molecule has 0 spiro atoms. The molecule has 0 radical (unpaired) electrons. The number of nitrogens with zero attached hydrogens (tertiary/aromatic N) is 2. The number of hydrogen-bond acceptors (Lipinski definition) is 11. The van der Waals surface area contributed by atoms with E-state index in [1.54, 1.807) is 32.2 Å². The summed E-state index contributed by atoms with van der Waals surface area (Å²) in [6.07, 6.45) is 5.21. The lowest BCUT2D eigenvalue weighted by atomic mass is 9.83. The maximum Gasteiger partial charge on any atom is 0.226 e. The quantitative estimate of drug-likeness (QED) is 0.0646. The zero-order valence-corrected chi connectivity index (χ0v) is 39.9. The Balaban J connectivity index is 1.39. The number of nitrogens with one attached hydrogen (secondary N) is 2. The van der Waals surface area contributed by atoms with Crippen LogP contribution in [0.2, 0.25) is 0 Å². The molecule has 0 unspecified atom stereocenters. The Morgan fingerprint density at radius 3 is 2.12 bits per heavy atom. The van der Waals surface area contributed by atoms with E-state index in [4.69, 9.17) is 20.9 Å². The van der Waals surface area contributed by atoms with Gasteiger partial charge in [-0.1, -0.05) is 80.9 Å². The number of aryl methyl sites for hydroxylation is 1. The van der Waals surface area contributed by atoms with Gasteiger partial charge in [-0.05, 0) is 110 Å². The molecule has 360 valence electrons. The minimum absolute atomic E-state index is 0.0161. The molecule has 13 heteroatoms. The smallest absolute Gasteiger partial charge is 0.226 e. The van der Waals surface area contributed by atoms with Crippen LogP contribution in [0.25, 0.3) is 22.3 Å². The number of benzene rings is 4. The average Bonchev–Trinajstić information content (AvgIpc) is 3.35. The van der Waals surface area contributed by atoms with E-state index in [1.165, 1.54) is 10.5 Å². The van der Waals surface area contributed by atoms with Crippen LogP contribution in [0.3, 0.4) is 0 Å². The maximum atomic E-state index is 15.2. The topological polar surface area (TPSA) is 207 Å². The summed E-state index contributed by atoms with van der Waals surface area (Å²) < 4.78 is 12.4. The van der Waals surface area contributed by atoms with Crippen molar-refractivity contribution in [2.24, 2.45) is 29.2 Å². The van der Waals surface area contributed by atoms with Crippen LogP contribution in [-0.4, -0.2) is 86.5 Å². The summed E-state index contributed by atoms with van der Waals surface area (Å²) >= 11 is 0. The van der Waals surface area contributed by atoms with Gasteiger partial charge in [-0.15, -0.1) is 0 Å². The monoisotopic (exact) mass is 925 g/mol. The minimum Gasteiger partial charge on any atom is -0.492 e. The number of carbonyl (C=O) groups excluding carboxylic acids is 5. The van der Waals surface area contributed by atoms with Crippen LogP contribution in [0.4, 0.5) is 0 Å². The van der Waals surface area contributed by atoms with Crippen LogP contribution in [0, 0.1) is 29.1 Å². The highest BCUT2D eigenvalue weighted by Gasteiger charge is 2.37. The van der Waals surface area contributed by atoms with Gasteiger partial charge >= 0.3 is 0 Å². The second-order valence-electron chi connectivity index (χ2n) is 18.3. The van der Waals surface area contributed by atoms with Gasteiger partial charge in [0.05, 0.1) is 12.1 Å². The van der Waals surface area contributed by atoms with Crippen molar-refractivity contribution >= 4 is 29.2 Å². The Bertz CT molecular complexity index is 2410. The van der Waals surface area contributed by atoms with Gasteiger partial charge in [0.2, 0.25) is 11.8 Å². The zero-order valence-electron chi connectivity index (χ0n) is 39.9. The van der Waals surface area contributed by atoms with Crippen LogP contribution in [-0.2, 0) is 32.0 Å². The fourth-order valence-corrected chi connectivity index (χ4v) is 9.35. The molecule has 2 amide bonds. The van der Waals surface area contributed by atoms with E-state index < -0.39 is 35.6 Å². The van der Waals surface area contributed by atoms with E-state index >= 15 is 4.79 Å². The molecule has 4 atom stereocenters. The normalized spacial score (nSPS) is 18.1. The summed E-state index contributed by atoms with van der Waals surface area (Å²) in [5.74, 6) is -2.25. The molecule has 6 rings (SSSR count). The van der Waals surface area contributed by atoms with Crippen LogP contribution in [0.5, 0.6) is 11.5 Å². The average molecular weight is 925 g/mol. The third-order valence-corrected chi connectivity index (χ3v) is 13.2. The summed E-state index contributed by atoms with van der Waals surface area (Å²) in [4.78, 5) is 73.3. The van der Waals surface area contributed by atoms with Crippen LogP contribution in [0.15, 0.2) is 84.9 Å². The second kappa shape index (κ2) is 25.2. The molecular weight excluding hydrogens is 857 g/mol. The summed E-state index contributed by atoms with van der Waals surface area (Å²) in [5, 5.41) is 15.6. The summed E-state index contributed by atoms with van der Waals surface area (Å²) in [6.45, 7) is 6.27. The highest BCUT2D eigenvalue weighted by molar-refractivity contribution is 6.00. The third kappa shape index (κ3) is 13.5. The van der Waals surface area contributed by atoms with Crippen molar-refractivity contribution in [2.45, 2.75) is 96.6 Å². The number of likely N-dealkylation sites (N-methyl/N-ethyl adjacent to an activating group) is 1. The largest absolute Gasteiger partial charge is 0.492 e. The third-order valence-electron chi connectivity index (χ3n) is 13.2. The first-order valence-electron chi connectivity index (χ1n) is 24.3. The van der Waals surface area contributed by atoms with Gasteiger partial charge in [-0.25, -0.2) is 0 Å². The molecular formula is C55H68N6O7. The second-order valence-corrected chi connectivity index (χ2v) is 18.3. The number of nitriles is 1. The van der Waals surface area contributed by atoms with Gasteiger partial charge < -0.3 is 36.5 Å². The first-order valence-corrected chi connectivity index (χ1v) is 24.3. The van der Waals surface area contributed by atoms with E-state index in [2.05, 4.69) is 41.8 Å². The molecule has 4 aromatic carbocycles. The van der Waals surface area contributed by atoms with Crippen molar-refractivity contribution in [1.82, 2.24) is 15.5 Å². The van der Waals surface area contributed by atoms with Gasteiger partial charge in [-0.2, -0.15) is 5.26 Å². The van der Waals surface area contributed by atoms with Gasteiger partial charge in [0, 0.05) is 74.3 Å². The number of rotatable bonds is 20. The molecule has 1 fully saturated rings. The minimum atomic E-state index is -1.18. The van der Waals surface area contributed by atoms with Crippen molar-refractivity contribution in [2.75, 3.05) is 46.4 Å². The zero-order chi connectivity index (χ0) is 48.6. The van der Waals surface area contributed by atoms with E-state index in [1.807, 2.05) is 48.5 Å². The number of carbonyl (C=O) groups is 5. The lowest BCUT2D eigenvalue weighted by Crippen LogP contribution is -2.46. The molecule has 6 N–H and O–H groups in total. The Kier molecular flexibility index (Phi) is 19.0. The van der Waals surface area contributed by atoms with Crippen molar-refractivity contribution in [3.8, 4) is 39.8 Å². The molecule has 2 aliphatic heterocycles. The van der Waals surface area contributed by atoms with Crippen molar-refractivity contribution in [3.05, 3.63) is 107 Å². The summed E-state index contributed by atoms with van der Waals surface area (Å²) in [6, 6.07) is 26.7. The molecule has 68 heavy (non-hydrogen) atoms. The van der Waals surface area contributed by atoms with E-state index in [0.29, 0.717) is 45.7 Å². The molecule has 0 saturated carbocycles. The molecule has 2 aliphatic rings. The first kappa shape index (κ1) is 51.2. The fourth-order valence-electron chi connectivity index (χ4n) is 9.35. The Hall–Kier alpha value is -6.20. The number of piperidine rings is 1. The van der Waals surface area contributed by atoms with Gasteiger partial charge in [0.25, 0.3) is 0 Å². The SMILES string of the molecule is CCCCc1ccc(-c2ccc(C(=O)C[C@@H](CC3CCNCC3)C(=O)N(C)[C@@H]3C(=O)C[C@@H](C)C(=O)N[C@H](C(=O)CCC#N)Cc4ccc(OCCN)c(c4)-c4cc3ccc4OCCN)cc2)cc1. The molecule has 13 nitrogen and oxygen atoms in total. The summed E-state index contributed by atoms with van der Waals surface area (Å²) in [5.41, 5.74) is 17.9. The predicted octanol–water partition coefficient (Wildman–Crippen LogP) is 7.33. The molecule has 4 aromatic rings. The number of amides is 2. The van der Waals surface area contributed by atoms with Crippen LogP contribution < -0.4 is 31.6 Å². The number of ketones is 3. The van der Waals surface area contributed by atoms with E-state index in [9.17, 15) is 24.4 Å². The highest BCUT2D eigenvalue weighted by Crippen LogP contribution is 2.41. The van der Waals surface area contributed by atoms with Crippen molar-refractivity contribution < 1.29 is 33.4 Å². The fraction of sp³-hybridized carbons (Fsp3) is 0.455. The Morgan fingerprint density at radius 2 is 1.49 bits per heavy atom. The Morgan fingerprint density at radius 1 is 0.853 bits per heavy atom. The van der Waals surface area contributed by atoms with Crippen molar-refractivity contribution in [1.29, 1.82) is 5.26 Å². The van der Waals surface area contributed by atoms with E-state index in [-0.39, 0.29) is 81.8 Å². The van der Waals surface area contributed by atoms with Crippen LogP contribution in [0.1, 0.15) is 105 Å². The summed E-state index contributed by atoms with van der Waals surface area (Å²) in [7, 11) is 1.60. The van der Waals surface area contributed by atoms with Gasteiger partial charge in [0.1, 0.15) is 30.8 Å². The number of hydrogen-bond donors (Lipinski definition) is 4. The van der Waals surface area contributed by atoms with E-state index in [0.717, 1.165) is 56.3 Å². The first-order chi connectivity index (χ1) is 32.9. The van der Waals surface area contributed by atoms with Crippen molar-refractivity contribution in [3.63, 3.8) is 0 Å². The molecule has 4 bridgehead atoms. The number of nitrogens with two attached hydrogens (primary N) is 2.